The van der Waals surface area contributed by atoms with E-state index in [4.69, 9.17) is 4.74 Å². The molecule has 12 nitrogen and oxygen atoms in total. The first kappa shape index (κ1) is 44.1. The summed E-state index contributed by atoms with van der Waals surface area (Å²) in [5.74, 6) is -3.18. The molecule has 332 valence electrons. The number of benzene rings is 4. The summed E-state index contributed by atoms with van der Waals surface area (Å²) in [6.07, 6.45) is 0.428. The molecule has 9 rings (SSSR count). The molecule has 0 atom stereocenters. The number of phenols is 1. The molecule has 1 amide bonds. The molecule has 4 N–H and O–H groups in total. The number of rotatable bonds is 9. The summed E-state index contributed by atoms with van der Waals surface area (Å²) in [5, 5.41) is 14.9. The molecule has 0 saturated heterocycles. The zero-order valence-corrected chi connectivity index (χ0v) is 39.1. The van der Waals surface area contributed by atoms with Crippen LogP contribution in [0.25, 0.3) is 26.5 Å². The van der Waals surface area contributed by atoms with Crippen LogP contribution in [0.2, 0.25) is 0 Å². The van der Waals surface area contributed by atoms with Crippen molar-refractivity contribution < 1.29 is 49.4 Å². The van der Waals surface area contributed by atoms with E-state index < -0.39 is 64.2 Å². The van der Waals surface area contributed by atoms with E-state index in [0.29, 0.717) is 51.2 Å². The van der Waals surface area contributed by atoms with Gasteiger partial charge in [0.2, 0.25) is 11.3 Å². The lowest BCUT2D eigenvalue weighted by atomic mass is 9.83. The Bertz CT molecular complexity index is 3380. The molecule has 19 heteroatoms. The van der Waals surface area contributed by atoms with Gasteiger partial charge in [0.15, 0.2) is 5.54 Å². The Morgan fingerprint density at radius 2 is 1.61 bits per heavy atom. The maximum Gasteiger partial charge on any atom is 0.304 e. The molecule has 3 aliphatic heterocycles. The minimum absolute atomic E-state index is 0.0956. The topological polar surface area (TPSA) is 174 Å². The summed E-state index contributed by atoms with van der Waals surface area (Å²) in [6.45, 7) is 8.10. The third kappa shape index (κ3) is 7.12. The number of thioether (sulfide) groups is 1. The van der Waals surface area contributed by atoms with Gasteiger partial charge in [-0.15, -0.1) is 34.4 Å². The lowest BCUT2D eigenvalue weighted by molar-refractivity contribution is -0.118. The average Bonchev–Trinajstić information content (AvgIpc) is 3.92. The molecule has 0 bridgehead atoms. The van der Waals surface area contributed by atoms with E-state index in [1.807, 2.05) is 36.9 Å². The molecular weight excluding hydrogens is 925 g/mol. The van der Waals surface area contributed by atoms with Gasteiger partial charge in [0.1, 0.15) is 45.0 Å². The highest BCUT2D eigenvalue weighted by atomic mass is 32.3. The Kier molecular flexibility index (Phi) is 10.5. The van der Waals surface area contributed by atoms with E-state index >= 15 is 8.78 Å². The molecule has 3 aliphatic rings. The van der Waals surface area contributed by atoms with Gasteiger partial charge in [-0.3, -0.25) is 13.9 Å². The van der Waals surface area contributed by atoms with Gasteiger partial charge in [0, 0.05) is 82.0 Å². The van der Waals surface area contributed by atoms with E-state index in [1.165, 1.54) is 29.5 Å². The summed E-state index contributed by atoms with van der Waals surface area (Å²) in [7, 11) is -6.43. The van der Waals surface area contributed by atoms with Gasteiger partial charge in [0.25, 0.3) is 10.1 Å². The first-order valence-corrected chi connectivity index (χ1v) is 25.3. The first-order chi connectivity index (χ1) is 30.0. The van der Waals surface area contributed by atoms with Crippen molar-refractivity contribution in [3.63, 3.8) is 0 Å². The molecule has 0 fully saturated rings. The monoisotopic (exact) mass is 964 g/mol. The number of hydrogen-bond acceptors (Lipinski definition) is 11. The number of phenolic OH excluding ortho intramolecular Hbond substituents is 1. The third-order valence-corrected chi connectivity index (χ3v) is 17.8. The van der Waals surface area contributed by atoms with Crippen LogP contribution >= 0.6 is 34.4 Å². The number of halogens is 2. The first-order valence-electron chi connectivity index (χ1n) is 19.8. The normalized spacial score (nSPS) is 15.6. The van der Waals surface area contributed by atoms with Crippen LogP contribution in [0.1, 0.15) is 55.5 Å². The Labute approximate surface area is 379 Å². The van der Waals surface area contributed by atoms with E-state index in [2.05, 4.69) is 24.1 Å². The van der Waals surface area contributed by atoms with Crippen LogP contribution in [0.15, 0.2) is 86.1 Å². The van der Waals surface area contributed by atoms with Crippen LogP contribution in [-0.4, -0.2) is 63.3 Å². The lowest BCUT2D eigenvalue weighted by Gasteiger charge is -2.43. The van der Waals surface area contributed by atoms with E-state index in [-0.39, 0.29) is 50.1 Å². The second-order valence-corrected chi connectivity index (χ2v) is 22.8. The summed E-state index contributed by atoms with van der Waals surface area (Å²) >= 11 is 2.94. The molecule has 0 unspecified atom stereocenters. The van der Waals surface area contributed by atoms with Crippen LogP contribution in [-0.2, 0) is 42.5 Å². The van der Waals surface area contributed by atoms with E-state index in [1.54, 1.807) is 43.4 Å². The van der Waals surface area contributed by atoms with Crippen LogP contribution in [0.3, 0.4) is 0 Å². The smallest absolute Gasteiger partial charge is 0.304 e. The zero-order valence-electron chi connectivity index (χ0n) is 35.0. The minimum Gasteiger partial charge on any atom is -0.508 e. The number of nitrogens with zero attached hydrogens (tertiary/aromatic N) is 2. The SMILES string of the molecule is CN1c2cc3c(cc2-c2sccc2C1(C)C)C(c1c(F)c(SCC(=O)NCCc2ccc(O)cc2)cc(F)c1S(=O)(=O)O)=c1cc2c(cc1O3)=[N+](C)C(C)(C)c1cc(S(=O)(=O)O)sc1-2. The maximum atomic E-state index is 17.7. The second kappa shape index (κ2) is 15.2. The molecule has 5 heterocycles. The van der Waals surface area contributed by atoms with Crippen LogP contribution in [0.5, 0.6) is 17.2 Å². The number of nitrogens with one attached hydrogen (secondary N) is 1. The van der Waals surface area contributed by atoms with Crippen LogP contribution in [0, 0.1) is 11.6 Å². The van der Waals surface area contributed by atoms with Crippen molar-refractivity contribution in [1.82, 2.24) is 9.89 Å². The van der Waals surface area contributed by atoms with Gasteiger partial charge in [-0.2, -0.15) is 16.8 Å². The highest BCUT2D eigenvalue weighted by molar-refractivity contribution is 8.00. The fraction of sp³-hybridized carbons (Fsp3) is 0.244. The number of thiophene rings is 2. The molecule has 0 radical (unpaired) electrons. The molecule has 0 spiro atoms. The number of ether oxygens (including phenoxy) is 1. The van der Waals surface area contributed by atoms with Gasteiger partial charge in [-0.25, -0.2) is 13.4 Å². The Morgan fingerprint density at radius 3 is 2.30 bits per heavy atom. The molecule has 0 aliphatic carbocycles. The van der Waals surface area contributed by atoms with Gasteiger partial charge < -0.3 is 20.1 Å². The summed E-state index contributed by atoms with van der Waals surface area (Å²) < 4.78 is 115. The Morgan fingerprint density at radius 1 is 0.891 bits per heavy atom. The number of carbonyl (C=O) groups excluding carboxylic acids is 1. The molecule has 64 heavy (non-hydrogen) atoms. The van der Waals surface area contributed by atoms with Gasteiger partial charge in [0.05, 0.1) is 27.8 Å². The summed E-state index contributed by atoms with van der Waals surface area (Å²) in [6, 6.07) is 17.2. The number of carbonyl (C=O) groups is 1. The van der Waals surface area contributed by atoms with Crippen molar-refractivity contribution in [2.24, 2.45) is 0 Å². The van der Waals surface area contributed by atoms with Gasteiger partial charge >= 0.3 is 10.1 Å². The number of fused-ring (bicyclic) bond motifs is 8. The predicted molar refractivity (Wildman–Crippen MR) is 244 cm³/mol. The van der Waals surface area contributed by atoms with Crippen molar-refractivity contribution in [3.05, 3.63) is 122 Å². The zero-order chi connectivity index (χ0) is 46.0. The Hall–Kier alpha value is -5.15. The summed E-state index contributed by atoms with van der Waals surface area (Å²) in [4.78, 5) is 14.7. The van der Waals surface area contributed by atoms with Crippen LogP contribution in [0.4, 0.5) is 14.5 Å². The maximum absolute atomic E-state index is 17.7. The van der Waals surface area contributed by atoms with Crippen molar-refractivity contribution in [3.8, 4) is 38.1 Å². The molecular formula is C45H40F2N3O9S5+. The second-order valence-electron chi connectivity index (χ2n) is 16.8. The van der Waals surface area contributed by atoms with Gasteiger partial charge in [-0.1, -0.05) is 12.1 Å². The van der Waals surface area contributed by atoms with Gasteiger partial charge in [-0.05, 0) is 79.2 Å². The highest BCUT2D eigenvalue weighted by Gasteiger charge is 2.43. The van der Waals surface area contributed by atoms with Crippen LogP contribution < -0.4 is 30.1 Å². The average molecular weight is 965 g/mol. The molecule has 0 saturated carbocycles. The largest absolute Gasteiger partial charge is 0.508 e. The Balaban J connectivity index is 1.29. The molecule has 2 aromatic heterocycles. The van der Waals surface area contributed by atoms with E-state index in [9.17, 15) is 35.8 Å². The number of anilines is 1. The quantitative estimate of drug-likeness (QED) is 0.0642. The minimum atomic E-state index is -5.50. The fourth-order valence-electron chi connectivity index (χ4n) is 8.63. The molecule has 4 aromatic carbocycles. The highest BCUT2D eigenvalue weighted by Crippen LogP contribution is 2.54. The number of hydrogen-bond donors (Lipinski definition) is 4. The van der Waals surface area contributed by atoms with Crippen molar-refractivity contribution >= 4 is 71.8 Å². The lowest BCUT2D eigenvalue weighted by Crippen LogP contribution is -2.46. The third-order valence-electron chi connectivity index (χ3n) is 12.5. The fourth-order valence-corrected chi connectivity index (χ4v) is 13.3. The number of amides is 1. The standard InChI is InChI=1S/C45H39F2N3O9S5/c1-44(2)28-12-14-60-41(28)24-15-26-33(19-31(24)49(44)5)59-34-20-32-25(42-29(45(3,4)50(32)6)17-37(62-42)63(53,54)55)16-27(34)38(26)39-40(47)35(18-30(46)43(39)64(56,57)58)61-21-36(52)48-13-11-22-7-9-23(51)10-8-22/h7-10,12,14-20H,11,13,21H2,1-6H3,(H3-,48,51,52,53,54,55,56,57,58)/p+1. The van der Waals surface area contributed by atoms with Crippen molar-refractivity contribution in [2.75, 3.05) is 31.3 Å². The van der Waals surface area contributed by atoms with Crippen molar-refractivity contribution in [2.45, 2.75) is 59.2 Å². The number of aromatic hydroxyl groups is 1. The van der Waals surface area contributed by atoms with Crippen molar-refractivity contribution in [1.29, 1.82) is 0 Å². The predicted octanol–water partition coefficient (Wildman–Crippen LogP) is 7.48. The van der Waals surface area contributed by atoms with E-state index in [0.717, 1.165) is 33.0 Å². The molecule has 6 aromatic rings. The summed E-state index contributed by atoms with van der Waals surface area (Å²) in [5.41, 5.74) is 2.23.